The second-order valence-electron chi connectivity index (χ2n) is 2.59. The SMILES string of the molecule is O=C1COc2nc([N+](=O)[O-])cn2C1. The van der Waals surface area contributed by atoms with Crippen molar-refractivity contribution < 1.29 is 14.5 Å². The molecule has 1 aromatic rings. The van der Waals surface area contributed by atoms with Crippen molar-refractivity contribution in [3.8, 4) is 6.01 Å². The summed E-state index contributed by atoms with van der Waals surface area (Å²) in [7, 11) is 0. The van der Waals surface area contributed by atoms with Gasteiger partial charge in [-0.15, -0.1) is 0 Å². The summed E-state index contributed by atoms with van der Waals surface area (Å²) in [5, 5.41) is 10.3. The summed E-state index contributed by atoms with van der Waals surface area (Å²) in [6.07, 6.45) is 1.19. The van der Waals surface area contributed by atoms with Crippen LogP contribution < -0.4 is 4.74 Å². The maximum absolute atomic E-state index is 10.9. The van der Waals surface area contributed by atoms with E-state index in [9.17, 15) is 14.9 Å². The maximum Gasteiger partial charge on any atom is 0.415 e. The van der Waals surface area contributed by atoms with E-state index in [0.717, 1.165) is 0 Å². The van der Waals surface area contributed by atoms with Crippen molar-refractivity contribution in [2.24, 2.45) is 0 Å². The third kappa shape index (κ3) is 1.24. The molecule has 1 aliphatic rings. The minimum atomic E-state index is -0.626. The van der Waals surface area contributed by atoms with Gasteiger partial charge in [-0.05, 0) is 4.92 Å². The van der Waals surface area contributed by atoms with Crippen LogP contribution in [-0.4, -0.2) is 26.9 Å². The molecule has 0 radical (unpaired) electrons. The van der Waals surface area contributed by atoms with E-state index in [0.29, 0.717) is 0 Å². The van der Waals surface area contributed by atoms with Gasteiger partial charge in [-0.2, -0.15) is 0 Å². The summed E-state index contributed by atoms with van der Waals surface area (Å²) >= 11 is 0. The summed E-state index contributed by atoms with van der Waals surface area (Å²) in [5.74, 6) is -0.426. The molecule has 1 aromatic heterocycles. The Morgan fingerprint density at radius 3 is 3.15 bits per heavy atom. The molecule has 2 heterocycles. The lowest BCUT2D eigenvalue weighted by Gasteiger charge is -2.09. The van der Waals surface area contributed by atoms with Crippen LogP contribution >= 0.6 is 0 Å². The number of nitro groups is 1. The number of aromatic nitrogens is 2. The van der Waals surface area contributed by atoms with Crippen LogP contribution in [0.2, 0.25) is 0 Å². The Morgan fingerprint density at radius 2 is 2.46 bits per heavy atom. The predicted molar refractivity (Wildman–Crippen MR) is 39.4 cm³/mol. The maximum atomic E-state index is 10.9. The Hall–Kier alpha value is -1.92. The van der Waals surface area contributed by atoms with E-state index in [1.54, 1.807) is 0 Å². The first-order valence-corrected chi connectivity index (χ1v) is 3.53. The van der Waals surface area contributed by atoms with Crippen molar-refractivity contribution >= 4 is 11.6 Å². The van der Waals surface area contributed by atoms with Crippen LogP contribution in [0, 0.1) is 10.1 Å². The molecule has 2 rings (SSSR count). The fraction of sp³-hybridized carbons (Fsp3) is 0.333. The Bertz CT molecular complexity index is 383. The normalized spacial score (nSPS) is 14.9. The van der Waals surface area contributed by atoms with Gasteiger partial charge in [0.1, 0.15) is 6.20 Å². The van der Waals surface area contributed by atoms with Gasteiger partial charge in [0.15, 0.2) is 12.4 Å². The highest BCUT2D eigenvalue weighted by molar-refractivity contribution is 5.80. The largest absolute Gasteiger partial charge is 0.438 e. The average Bonchev–Trinajstić information content (AvgIpc) is 2.46. The second kappa shape index (κ2) is 2.54. The lowest BCUT2D eigenvalue weighted by Crippen LogP contribution is -2.24. The molecule has 0 N–H and O–H groups in total. The summed E-state index contributed by atoms with van der Waals surface area (Å²) in [6, 6.07) is 0.131. The van der Waals surface area contributed by atoms with Crippen LogP contribution in [0.4, 0.5) is 5.82 Å². The number of ketones is 1. The van der Waals surface area contributed by atoms with Gasteiger partial charge in [0.25, 0.3) is 0 Å². The number of Topliss-reactive ketones (excluding diaryl/α,β-unsaturated/α-hetero) is 1. The van der Waals surface area contributed by atoms with Crippen LogP contribution in [0.5, 0.6) is 6.01 Å². The number of hydrogen-bond acceptors (Lipinski definition) is 5. The molecule has 0 atom stereocenters. The van der Waals surface area contributed by atoms with Crippen molar-refractivity contribution in [2.45, 2.75) is 6.54 Å². The van der Waals surface area contributed by atoms with E-state index in [1.165, 1.54) is 10.8 Å². The van der Waals surface area contributed by atoms with E-state index in [4.69, 9.17) is 4.74 Å². The van der Waals surface area contributed by atoms with Crippen molar-refractivity contribution in [1.29, 1.82) is 0 Å². The van der Waals surface area contributed by atoms with Gasteiger partial charge < -0.3 is 14.9 Å². The van der Waals surface area contributed by atoms with Gasteiger partial charge in [-0.25, -0.2) is 0 Å². The molecule has 0 amide bonds. The zero-order valence-corrected chi connectivity index (χ0v) is 6.47. The van der Waals surface area contributed by atoms with Crippen LogP contribution in [0.1, 0.15) is 0 Å². The fourth-order valence-corrected chi connectivity index (χ4v) is 1.08. The van der Waals surface area contributed by atoms with E-state index < -0.39 is 4.92 Å². The molecule has 0 saturated carbocycles. The topological polar surface area (TPSA) is 87.3 Å². The van der Waals surface area contributed by atoms with Gasteiger partial charge in [0, 0.05) is 4.98 Å². The summed E-state index contributed by atoms with van der Waals surface area (Å²) in [4.78, 5) is 24.1. The number of nitrogens with zero attached hydrogens (tertiary/aromatic N) is 3. The van der Waals surface area contributed by atoms with Gasteiger partial charge in [-0.3, -0.25) is 9.36 Å². The lowest BCUT2D eigenvalue weighted by molar-refractivity contribution is -0.389. The quantitative estimate of drug-likeness (QED) is 0.442. The van der Waals surface area contributed by atoms with Crippen molar-refractivity contribution in [1.82, 2.24) is 9.55 Å². The van der Waals surface area contributed by atoms with Gasteiger partial charge in [0.2, 0.25) is 0 Å². The lowest BCUT2D eigenvalue weighted by atomic mass is 10.4. The molecule has 0 fully saturated rings. The van der Waals surface area contributed by atoms with Gasteiger partial charge in [0.05, 0.1) is 6.54 Å². The molecule has 7 heteroatoms. The highest BCUT2D eigenvalue weighted by atomic mass is 16.6. The first-order valence-electron chi connectivity index (χ1n) is 3.53. The number of rotatable bonds is 1. The minimum absolute atomic E-state index is 0.0613. The molecule has 1 aliphatic heterocycles. The van der Waals surface area contributed by atoms with E-state index in [2.05, 4.69) is 4.98 Å². The molecule has 0 saturated heterocycles. The standard InChI is InChI=1S/C6H5N3O4/c10-4-1-8-2-5(9(11)12)7-6(8)13-3-4/h2H,1,3H2. The molecule has 13 heavy (non-hydrogen) atoms. The number of ether oxygens (including phenoxy) is 1. The van der Waals surface area contributed by atoms with Gasteiger partial charge >= 0.3 is 11.8 Å². The van der Waals surface area contributed by atoms with Gasteiger partial charge in [-0.1, -0.05) is 0 Å². The molecule has 0 spiro atoms. The van der Waals surface area contributed by atoms with Crippen molar-refractivity contribution in [2.75, 3.05) is 6.61 Å². The summed E-state index contributed by atoms with van der Waals surface area (Å²) in [5.41, 5.74) is 0. The molecular weight excluding hydrogens is 178 g/mol. The molecule has 0 aromatic carbocycles. The van der Waals surface area contributed by atoms with Crippen LogP contribution in [-0.2, 0) is 11.3 Å². The summed E-state index contributed by atoms with van der Waals surface area (Å²) < 4.78 is 6.19. The number of fused-ring (bicyclic) bond motifs is 1. The molecule has 0 unspecified atom stereocenters. The molecule has 68 valence electrons. The van der Waals surface area contributed by atoms with Crippen LogP contribution in [0.15, 0.2) is 6.20 Å². The fourth-order valence-electron chi connectivity index (χ4n) is 1.08. The Kier molecular flexibility index (Phi) is 1.51. The molecule has 0 bridgehead atoms. The van der Waals surface area contributed by atoms with E-state index in [1.807, 2.05) is 0 Å². The minimum Gasteiger partial charge on any atom is -0.438 e. The zero-order chi connectivity index (χ0) is 9.42. The van der Waals surface area contributed by atoms with Crippen LogP contribution in [0.3, 0.4) is 0 Å². The average molecular weight is 183 g/mol. The molecule has 7 nitrogen and oxygen atoms in total. The number of carbonyl (C=O) groups is 1. The highest BCUT2D eigenvalue weighted by Crippen LogP contribution is 2.19. The Balaban J connectivity index is 2.39. The highest BCUT2D eigenvalue weighted by Gasteiger charge is 2.25. The first-order chi connectivity index (χ1) is 6.16. The Labute approximate surface area is 72.1 Å². The smallest absolute Gasteiger partial charge is 0.415 e. The number of imidazole rings is 1. The van der Waals surface area contributed by atoms with Crippen molar-refractivity contribution in [3.63, 3.8) is 0 Å². The zero-order valence-electron chi connectivity index (χ0n) is 6.47. The second-order valence-corrected chi connectivity index (χ2v) is 2.59. The molecular formula is C6H5N3O4. The Morgan fingerprint density at radius 1 is 1.69 bits per heavy atom. The van der Waals surface area contributed by atoms with Crippen LogP contribution in [0.25, 0.3) is 0 Å². The third-order valence-corrected chi connectivity index (χ3v) is 1.62. The van der Waals surface area contributed by atoms with E-state index >= 15 is 0 Å². The summed E-state index contributed by atoms with van der Waals surface area (Å²) in [6.45, 7) is 0.0321. The van der Waals surface area contributed by atoms with Crippen molar-refractivity contribution in [3.05, 3.63) is 16.3 Å². The number of carbonyl (C=O) groups excluding carboxylic acids is 1. The third-order valence-electron chi connectivity index (χ3n) is 1.62. The predicted octanol–water partition coefficient (Wildman–Crippen LogP) is -0.247. The molecule has 0 aliphatic carbocycles. The van der Waals surface area contributed by atoms with E-state index in [-0.39, 0.29) is 30.8 Å². The number of hydrogen-bond donors (Lipinski definition) is 0. The monoisotopic (exact) mass is 183 g/mol. The first kappa shape index (κ1) is 7.71.